The third kappa shape index (κ3) is 1.70. The van der Waals surface area contributed by atoms with Crippen molar-refractivity contribution >= 4 is 37.3 Å². The zero-order valence-electron chi connectivity index (χ0n) is 7.37. The van der Waals surface area contributed by atoms with Crippen LogP contribution in [0.3, 0.4) is 0 Å². The van der Waals surface area contributed by atoms with Gasteiger partial charge in [0.05, 0.1) is 23.1 Å². The second kappa shape index (κ2) is 3.31. The zero-order chi connectivity index (χ0) is 8.60. The van der Waals surface area contributed by atoms with Gasteiger partial charge in [0.25, 0.3) is 0 Å². The maximum Gasteiger partial charge on any atom is 0.349 e. The molecular formula is C6H11Al2NO3. The number of hydrogen-bond acceptors (Lipinski definition) is 4. The average molecular weight is 199 g/mol. The van der Waals surface area contributed by atoms with Crippen LogP contribution in [0.1, 0.15) is 0 Å². The lowest BCUT2D eigenvalue weighted by molar-refractivity contribution is -0.164. The molecule has 0 bridgehead atoms. The van der Waals surface area contributed by atoms with E-state index in [1.54, 1.807) is 0 Å². The van der Waals surface area contributed by atoms with Crippen molar-refractivity contribution in [2.75, 3.05) is 19.8 Å². The minimum atomic E-state index is -0.196. The first-order chi connectivity index (χ1) is 5.70. The maximum absolute atomic E-state index is 5.43. The fraction of sp³-hybridized carbons (Fsp3) is 0.833. The van der Waals surface area contributed by atoms with Crippen LogP contribution in [0.5, 0.6) is 0 Å². The predicted octanol–water partition coefficient (Wildman–Crippen LogP) is -2.29. The number of aliphatic imine (C=N–C) groups is 1. The summed E-state index contributed by atoms with van der Waals surface area (Å²) in [6.07, 6.45) is 0. The highest BCUT2D eigenvalue weighted by Gasteiger charge is 2.39. The van der Waals surface area contributed by atoms with E-state index in [1.807, 2.05) is 0 Å². The molecule has 0 unspecified atom stereocenters. The van der Waals surface area contributed by atoms with Crippen LogP contribution in [0.4, 0.5) is 0 Å². The van der Waals surface area contributed by atoms with Gasteiger partial charge in [-0.2, -0.15) is 0 Å². The summed E-state index contributed by atoms with van der Waals surface area (Å²) in [7, 11) is 0. The summed E-state index contributed by atoms with van der Waals surface area (Å²) in [4.78, 5) is 4.44. The third-order valence-electron chi connectivity index (χ3n) is 2.12. The maximum atomic E-state index is 5.43. The molecule has 64 valence electrons. The van der Waals surface area contributed by atoms with E-state index >= 15 is 0 Å². The van der Waals surface area contributed by atoms with Crippen LogP contribution in [0.25, 0.3) is 0 Å². The van der Waals surface area contributed by atoms with Gasteiger partial charge in [0.15, 0.2) is 0 Å². The highest BCUT2D eigenvalue weighted by molar-refractivity contribution is 6.57. The molecule has 2 aliphatic heterocycles. The smallest absolute Gasteiger partial charge is 0.349 e. The summed E-state index contributed by atoms with van der Waals surface area (Å²) in [5.74, 6) is 0. The quantitative estimate of drug-likeness (QED) is 0.412. The summed E-state index contributed by atoms with van der Waals surface area (Å²) in [5, 5.41) is 0.0453. The van der Waals surface area contributed by atoms with Crippen molar-refractivity contribution < 1.29 is 14.2 Å². The van der Waals surface area contributed by atoms with E-state index in [2.05, 4.69) is 4.99 Å². The molecule has 4 nitrogen and oxygen atoms in total. The minimum absolute atomic E-state index is 0.0453. The summed E-state index contributed by atoms with van der Waals surface area (Å²) >= 11 is 1.80. The molecule has 12 heavy (non-hydrogen) atoms. The zero-order valence-corrected chi connectivity index (χ0v) is 11.4. The van der Waals surface area contributed by atoms with E-state index < -0.39 is 0 Å². The lowest BCUT2D eigenvalue weighted by atomic mass is 10.1. The van der Waals surface area contributed by atoms with Crippen molar-refractivity contribution in [1.29, 1.82) is 0 Å². The van der Waals surface area contributed by atoms with E-state index in [0.717, 1.165) is 37.3 Å². The van der Waals surface area contributed by atoms with E-state index in [4.69, 9.17) is 14.2 Å². The van der Waals surface area contributed by atoms with E-state index in [1.165, 1.54) is 0 Å². The Morgan fingerprint density at radius 3 is 2.50 bits per heavy atom. The summed E-state index contributed by atoms with van der Waals surface area (Å²) < 4.78 is 17.1. The molecule has 0 aromatic carbocycles. The van der Waals surface area contributed by atoms with Crippen LogP contribution in [-0.4, -0.2) is 67.9 Å². The van der Waals surface area contributed by atoms with Crippen molar-refractivity contribution in [1.82, 2.24) is 0 Å². The standard InChI is InChI=1S/C6H7NO3.2Al.4H/c1-6(7-4-8-1)2-9-5-10-3-6;;;;;;/h5H,1-3H2;;;;;;. The number of rotatable bonds is 0. The molecule has 0 aromatic rings. The second-order valence-electron chi connectivity index (χ2n) is 3.33. The van der Waals surface area contributed by atoms with Crippen molar-refractivity contribution in [3.63, 3.8) is 0 Å². The van der Waals surface area contributed by atoms with Crippen LogP contribution >= 0.6 is 0 Å². The van der Waals surface area contributed by atoms with Crippen molar-refractivity contribution in [2.24, 2.45) is 4.99 Å². The third-order valence-corrected chi connectivity index (χ3v) is 3.30. The van der Waals surface area contributed by atoms with Gasteiger partial charge in [0.2, 0.25) is 0 Å². The Hall–Kier alpha value is 0.455. The average Bonchev–Trinajstić information content (AvgIpc) is 2.40. The molecule has 0 amide bonds. The van der Waals surface area contributed by atoms with Gasteiger partial charge in [-0.05, 0) is 0 Å². The van der Waals surface area contributed by atoms with Crippen molar-refractivity contribution in [3.05, 3.63) is 0 Å². The minimum Gasteiger partial charge on any atom is -0.498 e. The summed E-state index contributed by atoms with van der Waals surface area (Å²) in [6, 6.07) is 0. The lowest BCUT2D eigenvalue weighted by Crippen LogP contribution is -2.47. The molecule has 0 aliphatic carbocycles. The van der Waals surface area contributed by atoms with Crippen LogP contribution in [0, 0.1) is 0 Å². The molecular weight excluding hydrogens is 188 g/mol. The van der Waals surface area contributed by atoms with Gasteiger partial charge < -0.3 is 14.2 Å². The van der Waals surface area contributed by atoms with Gasteiger partial charge >= 0.3 is 32.6 Å². The first-order valence-corrected chi connectivity index (χ1v) is 6.28. The molecule has 1 saturated heterocycles. The van der Waals surface area contributed by atoms with Crippen molar-refractivity contribution in [2.45, 2.75) is 10.7 Å². The Balaban J connectivity index is 2.04. The molecule has 0 N–H and O–H groups in total. The summed E-state index contributed by atoms with van der Waals surface area (Å²) in [6.45, 7) is 1.96. The number of nitrogens with zero attached hydrogens (tertiary/aromatic N) is 1. The molecule has 0 radical (unpaired) electrons. The second-order valence-corrected chi connectivity index (χ2v) is 5.13. The first-order valence-electron chi connectivity index (χ1n) is 4.13. The van der Waals surface area contributed by atoms with Gasteiger partial charge in [-0.1, -0.05) is 0 Å². The molecule has 2 heterocycles. The molecule has 0 aromatic heterocycles. The molecule has 6 heteroatoms. The van der Waals surface area contributed by atoms with Crippen LogP contribution in [0.15, 0.2) is 4.99 Å². The van der Waals surface area contributed by atoms with Crippen LogP contribution in [0.2, 0.25) is 0 Å². The Morgan fingerprint density at radius 1 is 1.33 bits per heavy atom. The fourth-order valence-electron chi connectivity index (χ4n) is 1.42. The molecule has 1 spiro atoms. The van der Waals surface area contributed by atoms with E-state index in [0.29, 0.717) is 19.8 Å². The van der Waals surface area contributed by atoms with Gasteiger partial charge in [-0.25, -0.2) is 0 Å². The molecule has 0 atom stereocenters. The lowest BCUT2D eigenvalue weighted by Gasteiger charge is -2.32. The predicted molar refractivity (Wildman–Crippen MR) is 48.9 cm³/mol. The van der Waals surface area contributed by atoms with Crippen LogP contribution in [-0.2, 0) is 14.2 Å². The van der Waals surface area contributed by atoms with Gasteiger partial charge in [-0.15, -0.1) is 0 Å². The van der Waals surface area contributed by atoms with E-state index in [-0.39, 0.29) is 10.7 Å². The fourth-order valence-corrected chi connectivity index (χ4v) is 2.37. The Labute approximate surface area is 87.1 Å². The highest BCUT2D eigenvalue weighted by Crippen LogP contribution is 2.23. The number of hydrogen-bond donors (Lipinski definition) is 0. The molecule has 1 fully saturated rings. The van der Waals surface area contributed by atoms with Crippen molar-refractivity contribution in [3.8, 4) is 0 Å². The Bertz CT molecular complexity index is 213. The van der Waals surface area contributed by atoms with Gasteiger partial charge in [0, 0.05) is 0 Å². The largest absolute Gasteiger partial charge is 0.498 e. The monoisotopic (exact) mass is 199 g/mol. The first kappa shape index (κ1) is 9.03. The van der Waals surface area contributed by atoms with Gasteiger partial charge in [0.1, 0.15) is 12.1 Å². The van der Waals surface area contributed by atoms with Crippen LogP contribution < -0.4 is 0 Å². The Kier molecular flexibility index (Phi) is 2.49. The normalized spacial score (nSPS) is 41.0. The molecule has 2 aliphatic rings. The molecule has 0 saturated carbocycles. The molecule has 2 rings (SSSR count). The number of ether oxygens (including phenoxy) is 3. The van der Waals surface area contributed by atoms with Gasteiger partial charge in [-0.3, -0.25) is 4.99 Å². The SMILES string of the molecule is [AlH2][C]1=NC2(CO1)CO[CH]([AlH2])OC2. The Morgan fingerprint density at radius 2 is 2.00 bits per heavy atom. The highest BCUT2D eigenvalue weighted by atomic mass is 27.1. The topological polar surface area (TPSA) is 40.0 Å². The van der Waals surface area contributed by atoms with E-state index in [9.17, 15) is 0 Å². The summed E-state index contributed by atoms with van der Waals surface area (Å²) in [5.41, 5.74) is -0.196.